The van der Waals surface area contributed by atoms with Crippen LogP contribution in [0.1, 0.15) is 52.7 Å². The number of nitrogens with zero attached hydrogens (tertiary/aromatic N) is 3. The Bertz CT molecular complexity index is 1280. The molecule has 35 heavy (non-hydrogen) atoms. The molecule has 0 bridgehead atoms. The van der Waals surface area contributed by atoms with Crippen LogP contribution < -0.4 is 10.9 Å². The maximum absolute atomic E-state index is 15.2. The van der Waals surface area contributed by atoms with Crippen LogP contribution in [0.15, 0.2) is 47.4 Å². The molecule has 1 atom stereocenters. The summed E-state index contributed by atoms with van der Waals surface area (Å²) in [4.78, 5) is 32.0. The zero-order chi connectivity index (χ0) is 25.2. The van der Waals surface area contributed by atoms with Gasteiger partial charge in [-0.3, -0.25) is 9.20 Å². The molecule has 1 aliphatic heterocycles. The number of ether oxygens (including phenoxy) is 1. The van der Waals surface area contributed by atoms with Gasteiger partial charge < -0.3 is 15.0 Å². The van der Waals surface area contributed by atoms with Crippen LogP contribution in [0.5, 0.6) is 0 Å². The molecule has 0 unspecified atom stereocenters. The third-order valence-corrected chi connectivity index (χ3v) is 6.03. The first kappa shape index (κ1) is 24.7. The topological polar surface area (TPSA) is 75.9 Å². The lowest BCUT2D eigenvalue weighted by Gasteiger charge is -2.24. The SMILES string of the molecule is CCCCc1nc2ccccn2c(=O)c1-c1ccc(N[C@@H]2CCN(C(=O)OC(C)(C)C)C2)c(F)c1. The number of anilines is 1. The summed E-state index contributed by atoms with van der Waals surface area (Å²) in [5.74, 6) is -0.447. The number of carbonyl (C=O) groups excluding carboxylic acids is 1. The molecule has 7 nitrogen and oxygen atoms in total. The minimum atomic E-state index is -0.559. The van der Waals surface area contributed by atoms with E-state index in [1.807, 2.05) is 26.8 Å². The van der Waals surface area contributed by atoms with Gasteiger partial charge in [0.1, 0.15) is 17.1 Å². The van der Waals surface area contributed by atoms with E-state index in [4.69, 9.17) is 9.72 Å². The van der Waals surface area contributed by atoms with E-state index in [1.54, 1.807) is 35.4 Å². The van der Waals surface area contributed by atoms with Gasteiger partial charge in [0.05, 0.1) is 16.9 Å². The minimum absolute atomic E-state index is 0.0871. The second-order valence-electron chi connectivity index (χ2n) is 10.0. The maximum atomic E-state index is 15.2. The van der Waals surface area contributed by atoms with E-state index in [9.17, 15) is 9.59 Å². The first-order valence-electron chi connectivity index (χ1n) is 12.2. The molecule has 2 aromatic heterocycles. The molecule has 1 aliphatic rings. The van der Waals surface area contributed by atoms with Crippen LogP contribution in [0, 0.1) is 5.82 Å². The summed E-state index contributed by atoms with van der Waals surface area (Å²) < 4.78 is 22.1. The van der Waals surface area contributed by atoms with Crippen molar-refractivity contribution in [3.63, 3.8) is 0 Å². The molecule has 8 heteroatoms. The number of pyridine rings is 1. The number of hydrogen-bond donors (Lipinski definition) is 1. The Hall–Kier alpha value is -3.42. The lowest BCUT2D eigenvalue weighted by Crippen LogP contribution is -2.36. The van der Waals surface area contributed by atoms with Gasteiger partial charge in [-0.05, 0) is 69.9 Å². The largest absolute Gasteiger partial charge is 0.444 e. The molecule has 3 aromatic rings. The highest BCUT2D eigenvalue weighted by Crippen LogP contribution is 2.27. The summed E-state index contributed by atoms with van der Waals surface area (Å²) in [6.07, 6.45) is 4.52. The summed E-state index contributed by atoms with van der Waals surface area (Å²) in [5.41, 5.74) is 1.80. The highest BCUT2D eigenvalue weighted by Gasteiger charge is 2.30. The van der Waals surface area contributed by atoms with Crippen LogP contribution in [0.2, 0.25) is 0 Å². The van der Waals surface area contributed by atoms with E-state index in [2.05, 4.69) is 12.2 Å². The number of nitrogens with one attached hydrogen (secondary N) is 1. The van der Waals surface area contributed by atoms with Crippen LogP contribution in [0.4, 0.5) is 14.9 Å². The van der Waals surface area contributed by atoms with Crippen LogP contribution in [0.3, 0.4) is 0 Å². The molecule has 1 amide bonds. The van der Waals surface area contributed by atoms with E-state index in [0.29, 0.717) is 54.1 Å². The van der Waals surface area contributed by atoms with Crippen molar-refractivity contribution in [2.45, 2.75) is 65.0 Å². The van der Waals surface area contributed by atoms with Crippen molar-refractivity contribution in [3.8, 4) is 11.1 Å². The van der Waals surface area contributed by atoms with Crippen LogP contribution >= 0.6 is 0 Å². The monoisotopic (exact) mass is 480 g/mol. The average molecular weight is 481 g/mol. The fraction of sp³-hybridized carbons (Fsp3) is 0.444. The number of halogens is 1. The molecule has 1 N–H and O–H groups in total. The van der Waals surface area contributed by atoms with Gasteiger partial charge in [0.15, 0.2) is 0 Å². The predicted molar refractivity (Wildman–Crippen MR) is 135 cm³/mol. The Morgan fingerprint density at radius 3 is 2.77 bits per heavy atom. The van der Waals surface area contributed by atoms with Gasteiger partial charge in [0, 0.05) is 25.3 Å². The number of rotatable bonds is 6. The smallest absolute Gasteiger partial charge is 0.410 e. The lowest BCUT2D eigenvalue weighted by molar-refractivity contribution is 0.0293. The number of fused-ring (bicyclic) bond motifs is 1. The molecule has 0 saturated carbocycles. The average Bonchev–Trinajstić information content (AvgIpc) is 3.27. The number of carbonyl (C=O) groups is 1. The Morgan fingerprint density at radius 1 is 1.26 bits per heavy atom. The maximum Gasteiger partial charge on any atom is 0.410 e. The van der Waals surface area contributed by atoms with E-state index in [-0.39, 0.29) is 17.7 Å². The van der Waals surface area contributed by atoms with Gasteiger partial charge in [-0.25, -0.2) is 14.2 Å². The van der Waals surface area contributed by atoms with E-state index >= 15 is 4.39 Å². The first-order chi connectivity index (χ1) is 16.7. The number of unbranched alkanes of at least 4 members (excludes halogenated alkanes) is 1. The number of likely N-dealkylation sites (tertiary alicyclic amines) is 1. The fourth-order valence-electron chi connectivity index (χ4n) is 4.33. The Balaban J connectivity index is 1.57. The summed E-state index contributed by atoms with van der Waals surface area (Å²) in [6, 6.07) is 10.1. The Morgan fingerprint density at radius 2 is 2.06 bits per heavy atom. The fourth-order valence-corrected chi connectivity index (χ4v) is 4.33. The molecule has 0 spiro atoms. The van der Waals surface area contributed by atoms with Crippen molar-refractivity contribution in [1.29, 1.82) is 0 Å². The van der Waals surface area contributed by atoms with Gasteiger partial charge in [0.2, 0.25) is 0 Å². The number of amides is 1. The van der Waals surface area contributed by atoms with Crippen molar-refractivity contribution in [1.82, 2.24) is 14.3 Å². The zero-order valence-electron chi connectivity index (χ0n) is 20.8. The van der Waals surface area contributed by atoms with Crippen molar-refractivity contribution >= 4 is 17.4 Å². The lowest BCUT2D eigenvalue weighted by atomic mass is 10.0. The zero-order valence-corrected chi connectivity index (χ0v) is 20.8. The molecular weight excluding hydrogens is 447 g/mol. The molecule has 0 aliphatic carbocycles. The van der Waals surface area contributed by atoms with Crippen LogP contribution in [0.25, 0.3) is 16.8 Å². The summed E-state index contributed by atoms with van der Waals surface area (Å²) in [5, 5.41) is 3.21. The van der Waals surface area contributed by atoms with Crippen molar-refractivity contribution in [2.24, 2.45) is 0 Å². The number of aromatic nitrogens is 2. The molecule has 1 aromatic carbocycles. The molecular formula is C27H33FN4O3. The van der Waals surface area contributed by atoms with Gasteiger partial charge in [-0.1, -0.05) is 25.5 Å². The normalized spacial score (nSPS) is 16.0. The summed E-state index contributed by atoms with van der Waals surface area (Å²) in [7, 11) is 0. The Labute approximate surface area is 204 Å². The third kappa shape index (κ3) is 5.63. The van der Waals surface area contributed by atoms with E-state index < -0.39 is 11.4 Å². The van der Waals surface area contributed by atoms with Crippen molar-refractivity contribution in [2.75, 3.05) is 18.4 Å². The van der Waals surface area contributed by atoms with E-state index in [0.717, 1.165) is 12.8 Å². The molecule has 186 valence electrons. The molecule has 0 radical (unpaired) electrons. The Kier molecular flexibility index (Phi) is 7.10. The summed E-state index contributed by atoms with van der Waals surface area (Å²) in [6.45, 7) is 8.56. The predicted octanol–water partition coefficient (Wildman–Crippen LogP) is 5.26. The van der Waals surface area contributed by atoms with Crippen molar-refractivity contribution in [3.05, 3.63) is 64.5 Å². The first-order valence-corrected chi connectivity index (χ1v) is 12.2. The van der Waals surface area contributed by atoms with Crippen molar-refractivity contribution < 1.29 is 13.9 Å². The molecule has 1 fully saturated rings. The standard InChI is InChI=1S/C27H33FN4O3/c1-5-6-9-22-24(25(33)32-14-8-7-10-23(32)30-22)18-11-12-21(20(28)16-18)29-19-13-15-31(17-19)26(34)35-27(2,3)4/h7-8,10-12,14,16,19,29H,5-6,9,13,15,17H2,1-4H3/t19-/m1/s1. The van der Waals surface area contributed by atoms with Gasteiger partial charge >= 0.3 is 6.09 Å². The molecule has 3 heterocycles. The van der Waals surface area contributed by atoms with Crippen LogP contribution in [-0.2, 0) is 11.2 Å². The quantitative estimate of drug-likeness (QED) is 0.521. The molecule has 1 saturated heterocycles. The highest BCUT2D eigenvalue weighted by molar-refractivity contribution is 5.70. The van der Waals surface area contributed by atoms with Gasteiger partial charge in [-0.2, -0.15) is 0 Å². The van der Waals surface area contributed by atoms with Crippen LogP contribution in [-0.4, -0.2) is 45.1 Å². The van der Waals surface area contributed by atoms with Gasteiger partial charge in [-0.15, -0.1) is 0 Å². The van der Waals surface area contributed by atoms with E-state index in [1.165, 1.54) is 10.5 Å². The molecule has 4 rings (SSSR count). The third-order valence-electron chi connectivity index (χ3n) is 6.03. The second-order valence-corrected chi connectivity index (χ2v) is 10.0. The second kappa shape index (κ2) is 10.1. The number of aryl methyl sites for hydroxylation is 1. The highest BCUT2D eigenvalue weighted by atomic mass is 19.1. The number of benzene rings is 1. The number of hydrogen-bond acceptors (Lipinski definition) is 5. The van der Waals surface area contributed by atoms with Gasteiger partial charge in [0.25, 0.3) is 5.56 Å². The minimum Gasteiger partial charge on any atom is -0.444 e. The summed E-state index contributed by atoms with van der Waals surface area (Å²) >= 11 is 0.